The second-order valence-corrected chi connectivity index (χ2v) is 8.86. The van der Waals surface area contributed by atoms with Gasteiger partial charge in [0.15, 0.2) is 6.61 Å². The molecule has 0 saturated heterocycles. The Kier molecular flexibility index (Phi) is 11.0. The van der Waals surface area contributed by atoms with Gasteiger partial charge in [-0.2, -0.15) is 0 Å². The van der Waals surface area contributed by atoms with Crippen molar-refractivity contribution in [2.24, 2.45) is 10.8 Å². The zero-order valence-electron chi connectivity index (χ0n) is 16.8. The predicted octanol–water partition coefficient (Wildman–Crippen LogP) is 4.86. The van der Waals surface area contributed by atoms with Gasteiger partial charge < -0.3 is 10.1 Å². The molecule has 1 N–H and O–H groups in total. The molecule has 0 saturated carbocycles. The third-order valence-electron chi connectivity index (χ3n) is 3.85. The predicted molar refractivity (Wildman–Crippen MR) is 99.8 cm³/mol. The molecule has 0 unspecified atom stereocenters. The summed E-state index contributed by atoms with van der Waals surface area (Å²) in [5.41, 5.74) is 0.0442. The van der Waals surface area contributed by atoms with Gasteiger partial charge in [0.2, 0.25) is 0 Å². The molecule has 0 bridgehead atoms. The topological polar surface area (TPSA) is 55.4 Å². The Morgan fingerprint density at radius 3 is 2.08 bits per heavy atom. The van der Waals surface area contributed by atoms with Crippen LogP contribution in [-0.4, -0.2) is 25.0 Å². The van der Waals surface area contributed by atoms with Crippen LogP contribution in [-0.2, 0) is 14.3 Å². The van der Waals surface area contributed by atoms with Gasteiger partial charge in [-0.1, -0.05) is 73.6 Å². The van der Waals surface area contributed by atoms with Crippen molar-refractivity contribution in [2.75, 3.05) is 13.2 Å². The van der Waals surface area contributed by atoms with E-state index in [2.05, 4.69) is 46.9 Å². The van der Waals surface area contributed by atoms with E-state index < -0.39 is 0 Å². The molecule has 0 aromatic rings. The number of rotatable bonds is 12. The molecule has 4 nitrogen and oxygen atoms in total. The van der Waals surface area contributed by atoms with Gasteiger partial charge in [-0.3, -0.25) is 9.59 Å². The highest BCUT2D eigenvalue weighted by Gasteiger charge is 2.28. The number of carbonyl (C=O) groups is 2. The lowest BCUT2D eigenvalue weighted by atomic mass is 9.74. The summed E-state index contributed by atoms with van der Waals surface area (Å²) in [5, 5.41) is 2.81. The molecule has 0 radical (unpaired) electrons. The molecule has 0 aliphatic carbocycles. The number of carbonyl (C=O) groups excluding carboxylic acids is 2. The SMILES string of the molecule is CCCCCCCCNC(=O)COC(=O)CC(C)(C)CC(C)(C)C. The van der Waals surface area contributed by atoms with Crippen LogP contribution in [0.15, 0.2) is 0 Å². The average molecular weight is 342 g/mol. The van der Waals surface area contributed by atoms with E-state index in [1.807, 2.05) is 0 Å². The van der Waals surface area contributed by atoms with Gasteiger partial charge in [0.1, 0.15) is 0 Å². The van der Waals surface area contributed by atoms with Gasteiger partial charge in [-0.15, -0.1) is 0 Å². The molecule has 0 aliphatic heterocycles. The normalized spacial score (nSPS) is 12.1. The van der Waals surface area contributed by atoms with Crippen LogP contribution in [0.3, 0.4) is 0 Å². The van der Waals surface area contributed by atoms with Gasteiger partial charge in [-0.25, -0.2) is 0 Å². The first kappa shape index (κ1) is 22.9. The van der Waals surface area contributed by atoms with E-state index in [1.165, 1.54) is 25.7 Å². The van der Waals surface area contributed by atoms with Crippen molar-refractivity contribution in [3.05, 3.63) is 0 Å². The maximum Gasteiger partial charge on any atom is 0.306 e. The van der Waals surface area contributed by atoms with Gasteiger partial charge in [0.05, 0.1) is 6.42 Å². The number of nitrogens with one attached hydrogen (secondary N) is 1. The van der Waals surface area contributed by atoms with E-state index in [1.54, 1.807) is 0 Å². The summed E-state index contributed by atoms with van der Waals surface area (Å²) < 4.78 is 5.11. The fourth-order valence-electron chi connectivity index (χ4n) is 3.27. The summed E-state index contributed by atoms with van der Waals surface area (Å²) in [6.45, 7) is 13.3. The van der Waals surface area contributed by atoms with Crippen LogP contribution in [0, 0.1) is 10.8 Å². The summed E-state index contributed by atoms with van der Waals surface area (Å²) in [6.07, 6.45) is 8.42. The number of amides is 1. The lowest BCUT2D eigenvalue weighted by Crippen LogP contribution is -2.31. The summed E-state index contributed by atoms with van der Waals surface area (Å²) in [5.74, 6) is -0.496. The maximum absolute atomic E-state index is 11.9. The monoisotopic (exact) mass is 341 g/mol. The molecule has 0 spiro atoms. The van der Waals surface area contributed by atoms with Crippen molar-refractivity contribution < 1.29 is 14.3 Å². The van der Waals surface area contributed by atoms with Crippen molar-refractivity contribution in [3.8, 4) is 0 Å². The molecular formula is C20H39NO3. The third kappa shape index (κ3) is 14.5. The highest BCUT2D eigenvalue weighted by molar-refractivity contribution is 5.80. The summed E-state index contributed by atoms with van der Waals surface area (Å²) >= 11 is 0. The second-order valence-electron chi connectivity index (χ2n) is 8.86. The maximum atomic E-state index is 11.9. The number of unbranched alkanes of at least 4 members (excludes halogenated alkanes) is 5. The van der Waals surface area contributed by atoms with Gasteiger partial charge in [-0.05, 0) is 23.7 Å². The number of hydrogen-bond donors (Lipinski definition) is 1. The van der Waals surface area contributed by atoms with E-state index in [4.69, 9.17) is 4.74 Å². The van der Waals surface area contributed by atoms with E-state index in [-0.39, 0.29) is 29.3 Å². The minimum Gasteiger partial charge on any atom is -0.456 e. The van der Waals surface area contributed by atoms with Gasteiger partial charge in [0.25, 0.3) is 5.91 Å². The summed E-state index contributed by atoms with van der Waals surface area (Å²) in [7, 11) is 0. The first-order valence-corrected chi connectivity index (χ1v) is 9.48. The van der Waals surface area contributed by atoms with E-state index in [9.17, 15) is 9.59 Å². The standard InChI is InChI=1S/C20H39NO3/c1-7-8-9-10-11-12-13-21-17(22)15-24-18(23)14-20(5,6)16-19(2,3)4/h7-16H2,1-6H3,(H,21,22). The van der Waals surface area contributed by atoms with Crippen LogP contribution in [0.4, 0.5) is 0 Å². The molecule has 142 valence electrons. The Morgan fingerprint density at radius 1 is 0.917 bits per heavy atom. The fourth-order valence-corrected chi connectivity index (χ4v) is 3.27. The molecule has 24 heavy (non-hydrogen) atoms. The molecule has 0 aromatic heterocycles. The molecule has 0 rings (SSSR count). The van der Waals surface area contributed by atoms with Crippen LogP contribution < -0.4 is 5.32 Å². The van der Waals surface area contributed by atoms with E-state index in [0.29, 0.717) is 13.0 Å². The molecular weight excluding hydrogens is 302 g/mol. The van der Waals surface area contributed by atoms with E-state index in [0.717, 1.165) is 19.3 Å². The van der Waals surface area contributed by atoms with Crippen LogP contribution >= 0.6 is 0 Å². The highest BCUT2D eigenvalue weighted by atomic mass is 16.5. The van der Waals surface area contributed by atoms with Crippen LogP contribution in [0.1, 0.15) is 92.9 Å². The summed E-state index contributed by atoms with van der Waals surface area (Å²) in [4.78, 5) is 23.6. The minimum atomic E-state index is -0.293. The van der Waals surface area contributed by atoms with Crippen molar-refractivity contribution in [1.29, 1.82) is 0 Å². The van der Waals surface area contributed by atoms with Crippen molar-refractivity contribution >= 4 is 11.9 Å². The largest absolute Gasteiger partial charge is 0.456 e. The summed E-state index contributed by atoms with van der Waals surface area (Å²) in [6, 6.07) is 0. The zero-order valence-corrected chi connectivity index (χ0v) is 16.8. The van der Waals surface area contributed by atoms with Crippen molar-refractivity contribution in [2.45, 2.75) is 92.9 Å². The number of esters is 1. The Labute approximate surface area is 149 Å². The van der Waals surface area contributed by atoms with Crippen LogP contribution in [0.25, 0.3) is 0 Å². The number of ether oxygens (including phenoxy) is 1. The van der Waals surface area contributed by atoms with Gasteiger partial charge in [0, 0.05) is 6.54 Å². The molecule has 0 fully saturated rings. The zero-order chi connectivity index (χ0) is 18.6. The third-order valence-corrected chi connectivity index (χ3v) is 3.85. The lowest BCUT2D eigenvalue weighted by Gasteiger charge is -2.31. The Bertz CT molecular complexity index is 370. The first-order valence-electron chi connectivity index (χ1n) is 9.48. The Balaban J connectivity index is 3.80. The Morgan fingerprint density at radius 2 is 1.50 bits per heavy atom. The second kappa shape index (κ2) is 11.5. The van der Waals surface area contributed by atoms with Crippen molar-refractivity contribution in [1.82, 2.24) is 5.32 Å². The van der Waals surface area contributed by atoms with Crippen LogP contribution in [0.2, 0.25) is 0 Å². The fraction of sp³-hybridized carbons (Fsp3) is 0.900. The lowest BCUT2D eigenvalue weighted by molar-refractivity contribution is -0.150. The molecule has 0 atom stereocenters. The molecule has 0 heterocycles. The average Bonchev–Trinajstić information content (AvgIpc) is 2.41. The highest BCUT2D eigenvalue weighted by Crippen LogP contribution is 2.35. The van der Waals surface area contributed by atoms with E-state index >= 15 is 0 Å². The Hall–Kier alpha value is -1.06. The molecule has 0 aromatic carbocycles. The van der Waals surface area contributed by atoms with Crippen molar-refractivity contribution in [3.63, 3.8) is 0 Å². The quantitative estimate of drug-likeness (QED) is 0.407. The smallest absolute Gasteiger partial charge is 0.306 e. The van der Waals surface area contributed by atoms with Crippen LogP contribution in [0.5, 0.6) is 0 Å². The molecule has 0 aliphatic rings. The first-order chi connectivity index (χ1) is 11.1. The molecule has 1 amide bonds. The minimum absolute atomic E-state index is 0.121. The number of hydrogen-bond acceptors (Lipinski definition) is 3. The van der Waals surface area contributed by atoms with Gasteiger partial charge >= 0.3 is 5.97 Å². The molecule has 4 heteroatoms.